The van der Waals surface area contributed by atoms with Gasteiger partial charge in [0.2, 0.25) is 11.7 Å². The molecule has 1 unspecified atom stereocenters. The number of ether oxygens (including phenoxy) is 1. The topological polar surface area (TPSA) is 68.4 Å². The summed E-state index contributed by atoms with van der Waals surface area (Å²) in [6.45, 7) is 1.76. The van der Waals surface area contributed by atoms with E-state index in [9.17, 15) is 5.11 Å². The van der Waals surface area contributed by atoms with Gasteiger partial charge in [-0.25, -0.2) is 0 Å². The van der Waals surface area contributed by atoms with E-state index in [2.05, 4.69) is 10.1 Å². The molecule has 0 aliphatic heterocycles. The largest absolute Gasteiger partial charge is 0.393 e. The van der Waals surface area contributed by atoms with Crippen molar-refractivity contribution in [2.75, 3.05) is 7.11 Å². The van der Waals surface area contributed by atoms with Gasteiger partial charge in [-0.3, -0.25) is 0 Å². The molecule has 1 aromatic rings. The molecule has 1 aliphatic rings. The fourth-order valence-corrected chi connectivity index (χ4v) is 2.52. The Balaban J connectivity index is 2.07. The molecular formula is C13H22N2O3. The molecule has 0 spiro atoms. The molecule has 5 heteroatoms. The number of rotatable bonds is 5. The van der Waals surface area contributed by atoms with Gasteiger partial charge in [-0.15, -0.1) is 0 Å². The zero-order valence-electron chi connectivity index (χ0n) is 11.2. The van der Waals surface area contributed by atoms with Crippen LogP contribution in [0.2, 0.25) is 0 Å². The van der Waals surface area contributed by atoms with Crippen LogP contribution in [0.3, 0.4) is 0 Å². The Morgan fingerprint density at radius 1 is 1.39 bits per heavy atom. The summed E-state index contributed by atoms with van der Waals surface area (Å²) >= 11 is 0. The van der Waals surface area contributed by atoms with Crippen molar-refractivity contribution in [1.29, 1.82) is 0 Å². The zero-order valence-corrected chi connectivity index (χ0v) is 11.2. The Bertz CT molecular complexity index is 370. The standard InChI is InChI=1S/C13H22N2O3/c1-10(16)6-7-11-14-12(15-18-11)13(17-2)8-4-3-5-9-13/h10,16H,3-9H2,1-2H3. The van der Waals surface area contributed by atoms with Crippen LogP contribution in [0.25, 0.3) is 0 Å². The summed E-state index contributed by atoms with van der Waals surface area (Å²) in [5.74, 6) is 1.26. The Morgan fingerprint density at radius 2 is 2.11 bits per heavy atom. The van der Waals surface area contributed by atoms with Gasteiger partial charge in [-0.2, -0.15) is 4.98 Å². The van der Waals surface area contributed by atoms with Crippen LogP contribution in [0.1, 0.15) is 57.2 Å². The van der Waals surface area contributed by atoms with Gasteiger partial charge >= 0.3 is 0 Å². The first-order valence-electron chi connectivity index (χ1n) is 6.72. The first-order chi connectivity index (χ1) is 8.66. The van der Waals surface area contributed by atoms with Crippen LogP contribution in [0, 0.1) is 0 Å². The van der Waals surface area contributed by atoms with Gasteiger partial charge in [0.1, 0.15) is 5.60 Å². The molecule has 5 nitrogen and oxygen atoms in total. The van der Waals surface area contributed by atoms with Crippen molar-refractivity contribution in [1.82, 2.24) is 10.1 Å². The maximum Gasteiger partial charge on any atom is 0.226 e. The average Bonchev–Trinajstić information content (AvgIpc) is 2.86. The Kier molecular flexibility index (Phi) is 4.35. The molecule has 0 radical (unpaired) electrons. The van der Waals surface area contributed by atoms with Crippen LogP contribution in [0.4, 0.5) is 0 Å². The summed E-state index contributed by atoms with van der Waals surface area (Å²) in [6, 6.07) is 0. The number of aromatic nitrogens is 2. The van der Waals surface area contributed by atoms with Gasteiger partial charge in [0.05, 0.1) is 6.10 Å². The summed E-state index contributed by atoms with van der Waals surface area (Å²) < 4.78 is 10.9. The quantitative estimate of drug-likeness (QED) is 0.872. The lowest BCUT2D eigenvalue weighted by Gasteiger charge is -2.32. The lowest BCUT2D eigenvalue weighted by molar-refractivity contribution is -0.0527. The fourth-order valence-electron chi connectivity index (χ4n) is 2.52. The smallest absolute Gasteiger partial charge is 0.226 e. The number of aryl methyl sites for hydroxylation is 1. The third-order valence-electron chi connectivity index (χ3n) is 3.70. The van der Waals surface area contributed by atoms with E-state index < -0.39 is 0 Å². The monoisotopic (exact) mass is 254 g/mol. The highest BCUT2D eigenvalue weighted by Crippen LogP contribution is 2.38. The molecule has 1 aromatic heterocycles. The van der Waals surface area contributed by atoms with Crippen molar-refractivity contribution >= 4 is 0 Å². The molecule has 0 bridgehead atoms. The Hall–Kier alpha value is -0.940. The highest BCUT2D eigenvalue weighted by molar-refractivity contribution is 5.03. The van der Waals surface area contributed by atoms with Crippen LogP contribution in [0.5, 0.6) is 0 Å². The second-order valence-corrected chi connectivity index (χ2v) is 5.16. The first kappa shape index (κ1) is 13.5. The van der Waals surface area contributed by atoms with Crippen molar-refractivity contribution in [3.05, 3.63) is 11.7 Å². The van der Waals surface area contributed by atoms with E-state index in [1.165, 1.54) is 6.42 Å². The molecule has 0 saturated heterocycles. The predicted molar refractivity (Wildman–Crippen MR) is 66.1 cm³/mol. The minimum Gasteiger partial charge on any atom is -0.393 e. The molecule has 1 fully saturated rings. The minimum absolute atomic E-state index is 0.341. The van der Waals surface area contributed by atoms with E-state index in [0.717, 1.165) is 25.7 Å². The van der Waals surface area contributed by atoms with Gasteiger partial charge in [0, 0.05) is 13.5 Å². The summed E-state index contributed by atoms with van der Waals surface area (Å²) in [4.78, 5) is 4.43. The molecule has 1 heterocycles. The van der Waals surface area contributed by atoms with Crippen molar-refractivity contribution in [2.45, 2.75) is 63.6 Å². The molecule has 102 valence electrons. The maximum atomic E-state index is 9.25. The number of aliphatic hydroxyl groups is 1. The summed E-state index contributed by atoms with van der Waals surface area (Å²) in [5.41, 5.74) is -0.356. The number of aliphatic hydroxyl groups excluding tert-OH is 1. The molecule has 0 amide bonds. The molecule has 18 heavy (non-hydrogen) atoms. The average molecular weight is 254 g/mol. The van der Waals surface area contributed by atoms with E-state index in [1.54, 1.807) is 14.0 Å². The van der Waals surface area contributed by atoms with Crippen LogP contribution in [-0.4, -0.2) is 28.5 Å². The molecule has 1 N–H and O–H groups in total. The van der Waals surface area contributed by atoms with Gasteiger partial charge in [0.15, 0.2) is 0 Å². The lowest BCUT2D eigenvalue weighted by atomic mass is 9.84. The van der Waals surface area contributed by atoms with Gasteiger partial charge < -0.3 is 14.4 Å². The molecule has 2 rings (SSSR count). The van der Waals surface area contributed by atoms with Crippen LogP contribution in [0.15, 0.2) is 4.52 Å². The van der Waals surface area contributed by atoms with Crippen molar-refractivity contribution in [2.24, 2.45) is 0 Å². The highest BCUT2D eigenvalue weighted by Gasteiger charge is 2.38. The normalized spacial score (nSPS) is 20.8. The molecular weight excluding hydrogens is 232 g/mol. The van der Waals surface area contributed by atoms with E-state index >= 15 is 0 Å². The van der Waals surface area contributed by atoms with Crippen LogP contribution < -0.4 is 0 Å². The fraction of sp³-hybridized carbons (Fsp3) is 0.846. The number of hydrogen-bond acceptors (Lipinski definition) is 5. The predicted octanol–water partition coefficient (Wildman–Crippen LogP) is 2.19. The molecule has 1 aliphatic carbocycles. The minimum atomic E-state index is -0.356. The number of hydrogen-bond donors (Lipinski definition) is 1. The van der Waals surface area contributed by atoms with Crippen molar-refractivity contribution < 1.29 is 14.4 Å². The third-order valence-corrected chi connectivity index (χ3v) is 3.70. The van der Waals surface area contributed by atoms with Gasteiger partial charge in [0.25, 0.3) is 0 Å². The second-order valence-electron chi connectivity index (χ2n) is 5.16. The van der Waals surface area contributed by atoms with Crippen LogP contribution in [-0.2, 0) is 16.8 Å². The molecule has 0 aromatic carbocycles. The highest BCUT2D eigenvalue weighted by atomic mass is 16.5. The van der Waals surface area contributed by atoms with E-state index in [4.69, 9.17) is 9.26 Å². The summed E-state index contributed by atoms with van der Waals surface area (Å²) in [5, 5.41) is 13.3. The van der Waals surface area contributed by atoms with Crippen molar-refractivity contribution in [3.63, 3.8) is 0 Å². The Morgan fingerprint density at radius 3 is 2.72 bits per heavy atom. The zero-order chi connectivity index (χ0) is 13.0. The lowest BCUT2D eigenvalue weighted by Crippen LogP contribution is -2.32. The number of nitrogens with zero attached hydrogens (tertiary/aromatic N) is 2. The Labute approximate surface area is 108 Å². The van der Waals surface area contributed by atoms with Crippen LogP contribution >= 0.6 is 0 Å². The molecule has 1 atom stereocenters. The SMILES string of the molecule is COC1(c2noc(CCC(C)O)n2)CCCCC1. The first-order valence-corrected chi connectivity index (χ1v) is 6.72. The van der Waals surface area contributed by atoms with Crippen molar-refractivity contribution in [3.8, 4) is 0 Å². The summed E-state index contributed by atoms with van der Waals surface area (Å²) in [7, 11) is 1.72. The van der Waals surface area contributed by atoms with E-state index in [-0.39, 0.29) is 11.7 Å². The van der Waals surface area contributed by atoms with Gasteiger partial charge in [-0.1, -0.05) is 24.4 Å². The summed E-state index contributed by atoms with van der Waals surface area (Å²) in [6.07, 6.45) is 6.37. The number of methoxy groups -OCH3 is 1. The van der Waals surface area contributed by atoms with Gasteiger partial charge in [-0.05, 0) is 26.2 Å². The maximum absolute atomic E-state index is 9.25. The third kappa shape index (κ3) is 2.90. The molecule has 1 saturated carbocycles. The second kappa shape index (κ2) is 5.80. The van der Waals surface area contributed by atoms with E-state index in [1.807, 2.05) is 0 Å². The van der Waals surface area contributed by atoms with E-state index in [0.29, 0.717) is 24.6 Å².